The van der Waals surface area contributed by atoms with Gasteiger partial charge in [-0.05, 0) is 43.5 Å². The van der Waals surface area contributed by atoms with Crippen LogP contribution in [0.4, 0.5) is 4.39 Å². The molecule has 0 saturated heterocycles. The zero-order chi connectivity index (χ0) is 17.1. The van der Waals surface area contributed by atoms with Gasteiger partial charge in [0.15, 0.2) is 9.84 Å². The van der Waals surface area contributed by atoms with Crippen molar-refractivity contribution in [2.24, 2.45) is 0 Å². The fraction of sp³-hybridized carbons (Fsp3) is 0.294. The summed E-state index contributed by atoms with van der Waals surface area (Å²) in [6.45, 7) is 1.66. The molecule has 0 atom stereocenters. The van der Waals surface area contributed by atoms with Crippen LogP contribution in [0.15, 0.2) is 29.3 Å². The highest BCUT2D eigenvalue weighted by atomic mass is 32.2. The predicted octanol–water partition coefficient (Wildman–Crippen LogP) is 3.35. The lowest BCUT2D eigenvalue weighted by Gasteiger charge is -2.10. The van der Waals surface area contributed by atoms with Crippen molar-refractivity contribution in [3.8, 4) is 11.3 Å². The summed E-state index contributed by atoms with van der Waals surface area (Å²) >= 11 is 0. The first-order valence-corrected chi connectivity index (χ1v) is 9.59. The monoisotopic (exact) mass is 345 g/mol. The maximum Gasteiger partial charge on any atom is 0.175 e. The number of benzene rings is 1. The first-order valence-electron chi connectivity index (χ1n) is 7.70. The van der Waals surface area contributed by atoms with Crippen molar-refractivity contribution in [2.45, 2.75) is 30.6 Å². The van der Waals surface area contributed by atoms with Gasteiger partial charge in [0, 0.05) is 29.3 Å². The molecule has 1 aromatic carbocycles. The molecule has 0 aliphatic heterocycles. The van der Waals surface area contributed by atoms with E-state index < -0.39 is 15.7 Å². The molecule has 2 heterocycles. The predicted molar refractivity (Wildman–Crippen MR) is 89.1 cm³/mol. The van der Waals surface area contributed by atoms with Crippen LogP contribution < -0.4 is 0 Å². The molecule has 5 nitrogen and oxygen atoms in total. The largest absolute Gasteiger partial charge is 0.277 e. The van der Waals surface area contributed by atoms with Crippen LogP contribution in [0.2, 0.25) is 0 Å². The lowest BCUT2D eigenvalue weighted by Crippen LogP contribution is -2.02. The van der Waals surface area contributed by atoms with Gasteiger partial charge in [0.2, 0.25) is 0 Å². The number of pyridine rings is 1. The number of rotatable bonds is 3. The van der Waals surface area contributed by atoms with Crippen molar-refractivity contribution in [1.82, 2.24) is 15.2 Å². The van der Waals surface area contributed by atoms with E-state index in [1.165, 1.54) is 0 Å². The molecule has 1 aliphatic rings. The Balaban J connectivity index is 1.99. The average molecular weight is 345 g/mol. The minimum atomic E-state index is -3.48. The van der Waals surface area contributed by atoms with E-state index in [0.717, 1.165) is 41.8 Å². The van der Waals surface area contributed by atoms with E-state index in [1.807, 2.05) is 6.07 Å². The normalized spacial score (nSPS) is 15.1. The van der Waals surface area contributed by atoms with E-state index >= 15 is 0 Å². The molecule has 1 fully saturated rings. The molecule has 0 amide bonds. The van der Waals surface area contributed by atoms with Gasteiger partial charge < -0.3 is 0 Å². The van der Waals surface area contributed by atoms with Crippen LogP contribution in [0, 0.1) is 12.7 Å². The third-order valence-corrected chi connectivity index (χ3v) is 5.63. The number of fused-ring (bicyclic) bond motifs is 1. The van der Waals surface area contributed by atoms with Gasteiger partial charge in [-0.15, -0.1) is 0 Å². The number of nitrogens with one attached hydrogen (secondary N) is 1. The van der Waals surface area contributed by atoms with E-state index in [4.69, 9.17) is 0 Å². The molecule has 24 heavy (non-hydrogen) atoms. The van der Waals surface area contributed by atoms with Crippen molar-refractivity contribution in [3.63, 3.8) is 0 Å². The zero-order valence-corrected chi connectivity index (χ0v) is 14.1. The molecular formula is C17H16FN3O2S. The molecule has 0 bridgehead atoms. The number of aromatic nitrogens is 3. The van der Waals surface area contributed by atoms with Gasteiger partial charge in [-0.25, -0.2) is 12.8 Å². The number of aryl methyl sites for hydroxylation is 1. The first-order chi connectivity index (χ1) is 11.4. The number of halogens is 1. The summed E-state index contributed by atoms with van der Waals surface area (Å²) in [6, 6.07) is 4.45. The molecular weight excluding hydrogens is 329 g/mol. The van der Waals surface area contributed by atoms with Gasteiger partial charge in [0.25, 0.3) is 0 Å². The molecule has 1 saturated carbocycles. The Kier molecular flexibility index (Phi) is 3.25. The van der Waals surface area contributed by atoms with Gasteiger partial charge in [-0.1, -0.05) is 0 Å². The summed E-state index contributed by atoms with van der Waals surface area (Å²) in [5.41, 5.74) is 3.03. The third kappa shape index (κ3) is 2.39. The number of hydrogen-bond acceptors (Lipinski definition) is 4. The van der Waals surface area contributed by atoms with Crippen LogP contribution >= 0.6 is 0 Å². The minimum absolute atomic E-state index is 0.00513. The number of aromatic amines is 1. The van der Waals surface area contributed by atoms with Crippen LogP contribution in [-0.2, 0) is 9.84 Å². The second-order valence-corrected chi connectivity index (χ2v) is 8.32. The van der Waals surface area contributed by atoms with Gasteiger partial charge in [-0.2, -0.15) is 5.10 Å². The molecule has 1 aliphatic carbocycles. The Hall–Kier alpha value is -2.28. The van der Waals surface area contributed by atoms with E-state index in [-0.39, 0.29) is 4.90 Å². The molecule has 0 unspecified atom stereocenters. The SMILES string of the molecule is Cc1cc(-c2nccc3[nH]nc(C4CC4)c23)c(F)cc1S(C)(=O)=O. The average Bonchev–Trinajstić information content (AvgIpc) is 3.27. The minimum Gasteiger partial charge on any atom is -0.277 e. The maximum absolute atomic E-state index is 14.7. The van der Waals surface area contributed by atoms with Crippen LogP contribution in [0.25, 0.3) is 22.2 Å². The Morgan fingerprint density at radius 2 is 2.04 bits per heavy atom. The number of nitrogens with zero attached hydrogens (tertiary/aromatic N) is 2. The molecule has 0 radical (unpaired) electrons. The van der Waals surface area contributed by atoms with Crippen molar-refractivity contribution in [3.05, 3.63) is 41.5 Å². The summed E-state index contributed by atoms with van der Waals surface area (Å²) in [5.74, 6) is -0.204. The van der Waals surface area contributed by atoms with Gasteiger partial charge >= 0.3 is 0 Å². The highest BCUT2D eigenvalue weighted by Crippen LogP contribution is 2.44. The van der Waals surface area contributed by atoms with E-state index in [2.05, 4.69) is 15.2 Å². The Morgan fingerprint density at radius 1 is 1.29 bits per heavy atom. The van der Waals surface area contributed by atoms with E-state index in [0.29, 0.717) is 22.7 Å². The zero-order valence-electron chi connectivity index (χ0n) is 13.3. The van der Waals surface area contributed by atoms with Crippen molar-refractivity contribution >= 4 is 20.7 Å². The summed E-state index contributed by atoms with van der Waals surface area (Å²) in [6.07, 6.45) is 4.83. The summed E-state index contributed by atoms with van der Waals surface area (Å²) in [7, 11) is -3.48. The summed E-state index contributed by atoms with van der Waals surface area (Å²) in [4.78, 5) is 4.37. The molecule has 1 N–H and O–H groups in total. The molecule has 7 heteroatoms. The topological polar surface area (TPSA) is 75.7 Å². The highest BCUT2D eigenvalue weighted by Gasteiger charge is 2.30. The fourth-order valence-electron chi connectivity index (χ4n) is 3.09. The maximum atomic E-state index is 14.7. The molecule has 4 rings (SSSR count). The second kappa shape index (κ2) is 5.11. The first kappa shape index (κ1) is 15.3. The Labute approximate surface area is 138 Å². The van der Waals surface area contributed by atoms with Gasteiger partial charge in [0.05, 0.1) is 21.8 Å². The van der Waals surface area contributed by atoms with E-state index in [9.17, 15) is 12.8 Å². The van der Waals surface area contributed by atoms with Gasteiger partial charge in [0.1, 0.15) is 5.82 Å². The van der Waals surface area contributed by atoms with Crippen molar-refractivity contribution in [1.29, 1.82) is 0 Å². The molecule has 2 aromatic heterocycles. The lowest BCUT2D eigenvalue weighted by molar-refractivity contribution is 0.595. The second-order valence-electron chi connectivity index (χ2n) is 6.33. The van der Waals surface area contributed by atoms with Crippen molar-refractivity contribution < 1.29 is 12.8 Å². The fourth-order valence-corrected chi connectivity index (χ4v) is 4.05. The van der Waals surface area contributed by atoms with Crippen molar-refractivity contribution in [2.75, 3.05) is 6.26 Å². The van der Waals surface area contributed by atoms with E-state index in [1.54, 1.807) is 19.2 Å². The van der Waals surface area contributed by atoms with Crippen LogP contribution in [-0.4, -0.2) is 29.9 Å². The Morgan fingerprint density at radius 3 is 2.71 bits per heavy atom. The Bertz CT molecular complexity index is 1070. The van der Waals surface area contributed by atoms with Crippen LogP contribution in [0.1, 0.15) is 30.0 Å². The third-order valence-electron chi connectivity index (χ3n) is 4.39. The highest BCUT2D eigenvalue weighted by molar-refractivity contribution is 7.90. The number of sulfone groups is 1. The molecule has 0 spiro atoms. The smallest absolute Gasteiger partial charge is 0.175 e. The number of hydrogen-bond donors (Lipinski definition) is 1. The quantitative estimate of drug-likeness (QED) is 0.790. The van der Waals surface area contributed by atoms with Crippen LogP contribution in [0.5, 0.6) is 0 Å². The number of H-pyrrole nitrogens is 1. The van der Waals surface area contributed by atoms with Gasteiger partial charge in [-0.3, -0.25) is 10.1 Å². The lowest BCUT2D eigenvalue weighted by atomic mass is 10.0. The summed E-state index contributed by atoms with van der Waals surface area (Å²) < 4.78 is 38.3. The summed E-state index contributed by atoms with van der Waals surface area (Å²) in [5, 5.41) is 8.17. The standard InChI is InChI=1S/C17H16FN3O2S/c1-9-7-11(12(18)8-14(9)24(2,22)23)17-15-13(5-6-19-17)20-21-16(15)10-3-4-10/h5-8,10H,3-4H2,1-2H3,(H,20,21). The molecule has 3 aromatic rings. The van der Waals surface area contributed by atoms with Crippen LogP contribution in [0.3, 0.4) is 0 Å². The molecule has 124 valence electrons.